The number of carbonyl (C=O) groups excluding carboxylic acids is 2. The Morgan fingerprint density at radius 2 is 1.82 bits per heavy atom. The van der Waals surface area contributed by atoms with Gasteiger partial charge in [-0.3, -0.25) is 9.59 Å². The zero-order chi connectivity index (χ0) is 28.1. The second-order valence-corrected chi connectivity index (χ2v) is 10.2. The molecule has 0 fully saturated rings. The van der Waals surface area contributed by atoms with Crippen LogP contribution in [0.1, 0.15) is 35.5 Å². The Balaban J connectivity index is 1.62. The van der Waals surface area contributed by atoms with Crippen LogP contribution in [0, 0.1) is 32.1 Å². The van der Waals surface area contributed by atoms with Crippen molar-refractivity contribution in [3.05, 3.63) is 99.1 Å². The molecular formula is C30H30N4O4S. The van der Waals surface area contributed by atoms with Crippen molar-refractivity contribution < 1.29 is 18.7 Å². The number of anilines is 2. The lowest BCUT2D eigenvalue weighted by Crippen LogP contribution is -2.31. The summed E-state index contributed by atoms with van der Waals surface area (Å²) >= 11 is 1.21. The van der Waals surface area contributed by atoms with Gasteiger partial charge in [0.15, 0.2) is 0 Å². The number of hydrogen-bond donors (Lipinski definition) is 3. The van der Waals surface area contributed by atoms with Gasteiger partial charge in [-0.25, -0.2) is 0 Å². The van der Waals surface area contributed by atoms with Crippen LogP contribution in [0.4, 0.5) is 11.4 Å². The number of nitrogens with one attached hydrogen (secondary N) is 3. The molecule has 3 aromatic rings. The monoisotopic (exact) mass is 542 g/mol. The van der Waals surface area contributed by atoms with Crippen molar-refractivity contribution in [2.75, 3.05) is 23.5 Å². The van der Waals surface area contributed by atoms with Gasteiger partial charge < -0.3 is 25.1 Å². The van der Waals surface area contributed by atoms with E-state index in [-0.39, 0.29) is 11.7 Å². The van der Waals surface area contributed by atoms with E-state index in [1.807, 2.05) is 38.1 Å². The summed E-state index contributed by atoms with van der Waals surface area (Å²) in [6, 6.07) is 18.7. The van der Waals surface area contributed by atoms with E-state index < -0.39 is 11.8 Å². The lowest BCUT2D eigenvalue weighted by molar-refractivity contribution is -0.114. The maximum atomic E-state index is 13.6. The van der Waals surface area contributed by atoms with Crippen molar-refractivity contribution in [2.45, 2.75) is 33.6 Å². The molecule has 0 aliphatic carbocycles. The van der Waals surface area contributed by atoms with Gasteiger partial charge in [0.25, 0.3) is 5.91 Å². The molecule has 3 N–H and O–H groups in total. The summed E-state index contributed by atoms with van der Waals surface area (Å²) in [5, 5.41) is 19.8. The molecule has 0 bridgehead atoms. The van der Waals surface area contributed by atoms with E-state index in [2.05, 4.69) is 22.0 Å². The Bertz CT molecular complexity index is 1530. The lowest BCUT2D eigenvalue weighted by Gasteiger charge is -2.28. The van der Waals surface area contributed by atoms with Crippen molar-refractivity contribution in [3.63, 3.8) is 0 Å². The normalized spacial score (nSPS) is 14.9. The van der Waals surface area contributed by atoms with Gasteiger partial charge in [0.1, 0.15) is 17.3 Å². The molecule has 0 radical (unpaired) electrons. The third kappa shape index (κ3) is 6.19. The number of nitriles is 1. The first-order valence-electron chi connectivity index (χ1n) is 12.3. The van der Waals surface area contributed by atoms with Crippen LogP contribution >= 0.6 is 11.8 Å². The molecule has 1 aliphatic heterocycles. The Morgan fingerprint density at radius 3 is 2.49 bits per heavy atom. The first-order valence-corrected chi connectivity index (χ1v) is 13.3. The molecule has 39 heavy (non-hydrogen) atoms. The number of furan rings is 1. The van der Waals surface area contributed by atoms with Crippen LogP contribution in [0.25, 0.3) is 0 Å². The summed E-state index contributed by atoms with van der Waals surface area (Å²) in [5.41, 5.74) is 4.52. The highest BCUT2D eigenvalue weighted by Gasteiger charge is 2.37. The molecule has 2 amide bonds. The van der Waals surface area contributed by atoms with Crippen molar-refractivity contribution in [2.24, 2.45) is 0 Å². The fourth-order valence-electron chi connectivity index (χ4n) is 4.44. The summed E-state index contributed by atoms with van der Waals surface area (Å²) in [6.07, 6.45) is 0. The highest BCUT2D eigenvalue weighted by Crippen LogP contribution is 2.42. The van der Waals surface area contributed by atoms with E-state index >= 15 is 0 Å². The predicted molar refractivity (Wildman–Crippen MR) is 153 cm³/mol. The summed E-state index contributed by atoms with van der Waals surface area (Å²) in [4.78, 5) is 26.4. The van der Waals surface area contributed by atoms with Gasteiger partial charge in [-0.2, -0.15) is 5.26 Å². The van der Waals surface area contributed by atoms with Gasteiger partial charge in [-0.15, -0.1) is 0 Å². The summed E-state index contributed by atoms with van der Waals surface area (Å²) in [5.74, 6) is 0.349. The lowest BCUT2D eigenvalue weighted by atomic mass is 9.85. The SMILES string of the molecule is COc1ccccc1NC(=O)C1=C(C)NC(SCC(=O)Nc2ccc(C)cc2C)=C(C#N)[C@@H]1c1ccc(C)o1. The Kier molecular flexibility index (Phi) is 8.47. The van der Waals surface area contributed by atoms with Crippen LogP contribution in [-0.2, 0) is 9.59 Å². The second-order valence-electron chi connectivity index (χ2n) is 9.21. The molecule has 0 spiro atoms. The summed E-state index contributed by atoms with van der Waals surface area (Å²) in [6.45, 7) is 7.51. The molecule has 1 aliphatic rings. The van der Waals surface area contributed by atoms with Gasteiger partial charge in [0, 0.05) is 11.4 Å². The number of para-hydroxylation sites is 2. The van der Waals surface area contributed by atoms with Crippen molar-refractivity contribution in [1.82, 2.24) is 5.32 Å². The maximum Gasteiger partial charge on any atom is 0.254 e. The third-order valence-corrected chi connectivity index (χ3v) is 7.31. The average Bonchev–Trinajstić information content (AvgIpc) is 3.34. The molecule has 8 nitrogen and oxygen atoms in total. The van der Waals surface area contributed by atoms with Crippen LogP contribution in [0.3, 0.4) is 0 Å². The van der Waals surface area contributed by atoms with Crippen LogP contribution in [0.2, 0.25) is 0 Å². The minimum atomic E-state index is -0.760. The minimum Gasteiger partial charge on any atom is -0.495 e. The fraction of sp³-hybridized carbons (Fsp3) is 0.233. The van der Waals surface area contributed by atoms with Crippen molar-refractivity contribution in [3.8, 4) is 11.8 Å². The Labute approximate surface area is 232 Å². The number of benzene rings is 2. The van der Waals surface area contributed by atoms with E-state index in [0.29, 0.717) is 44.8 Å². The van der Waals surface area contributed by atoms with Gasteiger partial charge in [0.05, 0.1) is 46.7 Å². The molecule has 0 saturated carbocycles. The number of ether oxygens (including phenoxy) is 1. The first kappa shape index (κ1) is 27.6. The number of allylic oxidation sites excluding steroid dienone is 2. The third-order valence-electron chi connectivity index (χ3n) is 6.30. The van der Waals surface area contributed by atoms with Crippen LogP contribution < -0.4 is 20.7 Å². The Hall–Kier alpha value is -4.42. The predicted octanol–water partition coefficient (Wildman–Crippen LogP) is 5.92. The zero-order valence-corrected chi connectivity index (χ0v) is 23.3. The zero-order valence-electron chi connectivity index (χ0n) is 22.5. The maximum absolute atomic E-state index is 13.6. The molecule has 2 aromatic carbocycles. The van der Waals surface area contributed by atoms with Crippen LogP contribution in [-0.4, -0.2) is 24.7 Å². The second kappa shape index (κ2) is 12.0. The number of methoxy groups -OCH3 is 1. The largest absolute Gasteiger partial charge is 0.495 e. The molecule has 2 heterocycles. The number of rotatable bonds is 8. The average molecular weight is 543 g/mol. The standard InChI is InChI=1S/C30H30N4O4S/c1-17-10-12-22(18(2)14-17)33-26(35)16-39-30-21(15-31)28(25-13-11-19(3)38-25)27(20(4)32-30)29(36)34-23-8-6-7-9-24(23)37-5/h6-14,28,32H,16H2,1-5H3,(H,33,35)(H,34,36)/t28-/m1/s1. The number of aryl methyl sites for hydroxylation is 3. The summed E-state index contributed by atoms with van der Waals surface area (Å²) < 4.78 is 11.3. The van der Waals surface area contributed by atoms with E-state index in [4.69, 9.17) is 9.15 Å². The molecule has 0 saturated heterocycles. The van der Waals surface area contributed by atoms with E-state index in [1.165, 1.54) is 18.9 Å². The minimum absolute atomic E-state index is 0.0702. The van der Waals surface area contributed by atoms with E-state index in [9.17, 15) is 14.9 Å². The topological polar surface area (TPSA) is 116 Å². The number of dihydropyridines is 1. The highest BCUT2D eigenvalue weighted by atomic mass is 32.2. The van der Waals surface area contributed by atoms with Crippen molar-refractivity contribution >= 4 is 35.0 Å². The molecule has 0 unspecified atom stereocenters. The fourth-order valence-corrected chi connectivity index (χ4v) is 5.33. The summed E-state index contributed by atoms with van der Waals surface area (Å²) in [7, 11) is 1.53. The first-order chi connectivity index (χ1) is 18.7. The van der Waals surface area contributed by atoms with Gasteiger partial charge in [-0.1, -0.05) is 41.6 Å². The number of amides is 2. The molecule has 4 rings (SSSR count). The van der Waals surface area contributed by atoms with Crippen molar-refractivity contribution in [1.29, 1.82) is 5.26 Å². The smallest absolute Gasteiger partial charge is 0.254 e. The quantitative estimate of drug-likeness (QED) is 0.323. The molecule has 9 heteroatoms. The highest BCUT2D eigenvalue weighted by molar-refractivity contribution is 8.03. The number of carbonyl (C=O) groups is 2. The number of hydrogen-bond acceptors (Lipinski definition) is 7. The molecular weight excluding hydrogens is 512 g/mol. The van der Waals surface area contributed by atoms with E-state index in [1.54, 1.807) is 44.2 Å². The van der Waals surface area contributed by atoms with Gasteiger partial charge in [0.2, 0.25) is 5.91 Å². The molecule has 1 aromatic heterocycles. The van der Waals surface area contributed by atoms with Crippen LogP contribution in [0.15, 0.2) is 80.9 Å². The molecule has 1 atom stereocenters. The molecule has 200 valence electrons. The number of thioether (sulfide) groups is 1. The Morgan fingerprint density at radius 1 is 1.05 bits per heavy atom. The number of nitrogens with zero attached hydrogens (tertiary/aromatic N) is 1. The van der Waals surface area contributed by atoms with Gasteiger partial charge >= 0.3 is 0 Å². The van der Waals surface area contributed by atoms with Crippen LogP contribution in [0.5, 0.6) is 5.75 Å². The van der Waals surface area contributed by atoms with E-state index in [0.717, 1.165) is 16.8 Å². The van der Waals surface area contributed by atoms with Gasteiger partial charge in [-0.05, 0) is 63.6 Å².